The first-order chi connectivity index (χ1) is 9.30. The molecule has 0 heterocycles. The Kier molecular flexibility index (Phi) is 9.28. The predicted molar refractivity (Wildman–Crippen MR) is 86.6 cm³/mol. The van der Waals surface area contributed by atoms with Crippen LogP contribution in [-0.4, -0.2) is 13.1 Å². The van der Waals surface area contributed by atoms with Crippen LogP contribution in [0.3, 0.4) is 0 Å². The summed E-state index contributed by atoms with van der Waals surface area (Å²) in [6, 6.07) is 0. The molecule has 0 bridgehead atoms. The maximum Gasteiger partial charge on any atom is 0.330 e. The first-order valence-electron chi connectivity index (χ1n) is 7.73. The topological polar surface area (TPSA) is 26.3 Å². The second-order valence-corrected chi connectivity index (χ2v) is 6.56. The molecule has 0 saturated heterocycles. The molecule has 0 N–H and O–H groups in total. The third-order valence-electron chi connectivity index (χ3n) is 3.97. The summed E-state index contributed by atoms with van der Waals surface area (Å²) in [5, 5.41) is 0. The van der Waals surface area contributed by atoms with Crippen LogP contribution in [0.1, 0.15) is 66.7 Å². The van der Waals surface area contributed by atoms with Crippen molar-refractivity contribution in [2.75, 3.05) is 7.11 Å². The van der Waals surface area contributed by atoms with Crippen LogP contribution in [0.2, 0.25) is 0 Å². The van der Waals surface area contributed by atoms with Gasteiger partial charge in [-0.3, -0.25) is 0 Å². The van der Waals surface area contributed by atoms with Gasteiger partial charge in [0.05, 0.1) is 7.11 Å². The van der Waals surface area contributed by atoms with Crippen molar-refractivity contribution < 1.29 is 9.53 Å². The molecule has 0 aromatic heterocycles. The first kappa shape index (κ1) is 18.9. The van der Waals surface area contributed by atoms with E-state index >= 15 is 0 Å². The molecule has 0 saturated carbocycles. The van der Waals surface area contributed by atoms with Crippen LogP contribution in [0.5, 0.6) is 0 Å². The summed E-state index contributed by atoms with van der Waals surface area (Å²) in [7, 11) is 1.40. The molecule has 2 heteroatoms. The minimum Gasteiger partial charge on any atom is -0.466 e. The fraction of sp³-hybridized carbons (Fsp3) is 0.722. The maximum atomic E-state index is 11.1. The van der Waals surface area contributed by atoms with Gasteiger partial charge in [-0.15, -0.1) is 0 Å². The highest BCUT2D eigenvalue weighted by Crippen LogP contribution is 2.28. The third kappa shape index (κ3) is 9.82. The van der Waals surface area contributed by atoms with Gasteiger partial charge in [0.1, 0.15) is 0 Å². The van der Waals surface area contributed by atoms with Crippen molar-refractivity contribution >= 4 is 5.97 Å². The lowest BCUT2D eigenvalue weighted by Crippen LogP contribution is -2.09. The van der Waals surface area contributed by atoms with Gasteiger partial charge in [0.15, 0.2) is 0 Å². The Hall–Kier alpha value is -1.05. The van der Waals surface area contributed by atoms with E-state index in [0.717, 1.165) is 12.0 Å². The van der Waals surface area contributed by atoms with Crippen LogP contribution in [-0.2, 0) is 9.53 Å². The van der Waals surface area contributed by atoms with Crippen molar-refractivity contribution in [3.05, 3.63) is 23.8 Å². The smallest absolute Gasteiger partial charge is 0.330 e. The molecule has 0 aliphatic heterocycles. The monoisotopic (exact) mass is 280 g/mol. The van der Waals surface area contributed by atoms with Gasteiger partial charge in [-0.05, 0) is 36.7 Å². The molecule has 0 aliphatic carbocycles. The molecule has 0 spiro atoms. The van der Waals surface area contributed by atoms with Gasteiger partial charge < -0.3 is 4.74 Å². The molecule has 1 unspecified atom stereocenters. The number of methoxy groups -OCH3 is 1. The zero-order valence-electron chi connectivity index (χ0n) is 14.2. The molecule has 116 valence electrons. The van der Waals surface area contributed by atoms with Crippen LogP contribution in [0.25, 0.3) is 0 Å². The number of allylic oxidation sites excluding steroid dienone is 3. The molecule has 20 heavy (non-hydrogen) atoms. The average Bonchev–Trinajstić information content (AvgIpc) is 2.38. The zero-order valence-corrected chi connectivity index (χ0v) is 14.2. The minimum absolute atomic E-state index is 0.290. The van der Waals surface area contributed by atoms with Crippen molar-refractivity contribution in [1.29, 1.82) is 0 Å². The number of carbonyl (C=O) groups is 1. The fourth-order valence-electron chi connectivity index (χ4n) is 2.00. The van der Waals surface area contributed by atoms with Crippen LogP contribution >= 0.6 is 0 Å². The summed E-state index contributed by atoms with van der Waals surface area (Å²) < 4.78 is 4.59. The lowest BCUT2D eigenvalue weighted by atomic mass is 9.83. The van der Waals surface area contributed by atoms with Gasteiger partial charge >= 0.3 is 5.97 Å². The maximum absolute atomic E-state index is 11.1. The lowest BCUT2D eigenvalue weighted by molar-refractivity contribution is -0.134. The van der Waals surface area contributed by atoms with Crippen LogP contribution < -0.4 is 0 Å². The van der Waals surface area contributed by atoms with Gasteiger partial charge in [-0.2, -0.15) is 0 Å². The summed E-state index contributed by atoms with van der Waals surface area (Å²) in [6.07, 6.45) is 11.9. The van der Waals surface area contributed by atoms with Gasteiger partial charge in [-0.25, -0.2) is 4.79 Å². The second-order valence-electron chi connectivity index (χ2n) is 6.56. The number of carbonyl (C=O) groups excluding carboxylic acids is 1. The second kappa shape index (κ2) is 9.79. The Morgan fingerprint density at radius 1 is 1.35 bits per heavy atom. The summed E-state index contributed by atoms with van der Waals surface area (Å²) in [5.41, 5.74) is 1.42. The molecule has 0 radical (unpaired) electrons. The van der Waals surface area contributed by atoms with Crippen LogP contribution in [0.15, 0.2) is 23.8 Å². The molecule has 1 atom stereocenters. The zero-order chi connectivity index (χ0) is 15.6. The van der Waals surface area contributed by atoms with E-state index in [-0.39, 0.29) is 5.97 Å². The van der Waals surface area contributed by atoms with Crippen molar-refractivity contribution in [3.8, 4) is 0 Å². The van der Waals surface area contributed by atoms with Crippen molar-refractivity contribution in [2.24, 2.45) is 11.3 Å². The molecule has 0 fully saturated rings. The van der Waals surface area contributed by atoms with E-state index < -0.39 is 0 Å². The summed E-state index contributed by atoms with van der Waals surface area (Å²) in [5.74, 6) is 0.409. The summed E-state index contributed by atoms with van der Waals surface area (Å²) in [6.45, 7) is 11.2. The molecule has 0 aromatic carbocycles. The largest absolute Gasteiger partial charge is 0.466 e. The normalized spacial score (nSPS) is 14.6. The van der Waals surface area contributed by atoms with E-state index in [0.29, 0.717) is 11.3 Å². The van der Waals surface area contributed by atoms with E-state index in [1.807, 2.05) is 13.0 Å². The van der Waals surface area contributed by atoms with Crippen LogP contribution in [0, 0.1) is 11.3 Å². The Morgan fingerprint density at radius 2 is 2.00 bits per heavy atom. The van der Waals surface area contributed by atoms with Gasteiger partial charge in [0.2, 0.25) is 0 Å². The van der Waals surface area contributed by atoms with E-state index in [1.165, 1.54) is 38.9 Å². The Morgan fingerprint density at radius 3 is 2.55 bits per heavy atom. The van der Waals surface area contributed by atoms with Gasteiger partial charge in [-0.1, -0.05) is 59.1 Å². The SMILES string of the molecule is CCC(C)(C)CCCC(C)C/C=C/C(C)=C/C(=O)OC. The standard InChI is InChI=1S/C18H32O2/c1-7-18(4,5)13-9-12-15(2)10-8-11-16(3)14-17(19)20-6/h8,11,14-15H,7,9-10,12-13H2,1-6H3/b11-8+,16-14+. The highest BCUT2D eigenvalue weighted by Gasteiger charge is 2.14. The number of hydrogen-bond acceptors (Lipinski definition) is 2. The molecule has 0 aromatic rings. The predicted octanol–water partition coefficient (Wildman–Crippen LogP) is 5.29. The van der Waals surface area contributed by atoms with Crippen molar-refractivity contribution in [2.45, 2.75) is 66.7 Å². The molecule has 0 aliphatic rings. The molecular formula is C18H32O2. The van der Waals surface area contributed by atoms with E-state index in [9.17, 15) is 4.79 Å². The Balaban J connectivity index is 3.96. The highest BCUT2D eigenvalue weighted by atomic mass is 16.5. The number of ether oxygens (including phenoxy) is 1. The average molecular weight is 280 g/mol. The number of hydrogen-bond donors (Lipinski definition) is 0. The first-order valence-corrected chi connectivity index (χ1v) is 7.73. The van der Waals surface area contributed by atoms with Crippen molar-refractivity contribution in [1.82, 2.24) is 0 Å². The van der Waals surface area contributed by atoms with Gasteiger partial charge in [0.25, 0.3) is 0 Å². The fourth-order valence-corrected chi connectivity index (χ4v) is 2.00. The van der Waals surface area contributed by atoms with E-state index in [1.54, 1.807) is 0 Å². The minimum atomic E-state index is -0.290. The van der Waals surface area contributed by atoms with Gasteiger partial charge in [0, 0.05) is 6.08 Å². The van der Waals surface area contributed by atoms with Crippen LogP contribution in [0.4, 0.5) is 0 Å². The highest BCUT2D eigenvalue weighted by molar-refractivity contribution is 5.83. The number of esters is 1. The Labute approximate surface area is 125 Å². The molecule has 0 amide bonds. The van der Waals surface area contributed by atoms with E-state index in [4.69, 9.17) is 0 Å². The molecule has 0 rings (SSSR count). The Bertz CT molecular complexity index is 337. The summed E-state index contributed by atoms with van der Waals surface area (Å²) >= 11 is 0. The van der Waals surface area contributed by atoms with Crippen molar-refractivity contribution in [3.63, 3.8) is 0 Å². The van der Waals surface area contributed by atoms with E-state index in [2.05, 4.69) is 38.5 Å². The summed E-state index contributed by atoms with van der Waals surface area (Å²) in [4.78, 5) is 11.1. The quantitative estimate of drug-likeness (QED) is 0.326. The number of rotatable bonds is 9. The molecular weight excluding hydrogens is 248 g/mol. The third-order valence-corrected chi connectivity index (χ3v) is 3.97. The molecule has 2 nitrogen and oxygen atoms in total. The lowest BCUT2D eigenvalue weighted by Gasteiger charge is -2.23.